The highest BCUT2D eigenvalue weighted by molar-refractivity contribution is 8.19. The fraction of sp³-hybridized carbons (Fsp3) is 0.111. The molecule has 2 aromatic carbocycles. The van der Waals surface area contributed by atoms with E-state index in [1.807, 2.05) is 30.3 Å². The molecule has 0 spiro atoms. The summed E-state index contributed by atoms with van der Waals surface area (Å²) in [5, 5.41) is 0.0870. The minimum Gasteiger partial charge on any atom is -0.286 e. The molecule has 26 heavy (non-hydrogen) atoms. The molecule has 1 saturated heterocycles. The lowest BCUT2D eigenvalue weighted by molar-refractivity contribution is -0.122. The van der Waals surface area contributed by atoms with Gasteiger partial charge in [0.05, 0.1) is 9.80 Å². The topological polar surface area (TPSA) is 66.8 Å². The Labute approximate surface area is 155 Å². The Hall–Kier alpha value is -2.45. The Morgan fingerprint density at radius 2 is 1.77 bits per heavy atom. The molecule has 1 aliphatic heterocycles. The number of hydrogen-bond donors (Lipinski definition) is 0. The summed E-state index contributed by atoms with van der Waals surface area (Å²) in [6, 6.07) is 13.7. The predicted octanol–water partition coefficient (Wildman–Crippen LogP) is 3.51. The molecule has 0 unspecified atom stereocenters. The van der Waals surface area contributed by atoms with Gasteiger partial charge in [-0.2, -0.15) is 8.42 Å². The SMILES string of the molecule is CCN1C(=O)/C(=C/c2ccccc2)SC1=NS(=O)(=O)c1ccc(F)cc1. The molecular formula is C18H15FN2O3S2. The number of amidine groups is 1. The molecule has 0 N–H and O–H groups in total. The van der Waals surface area contributed by atoms with Gasteiger partial charge in [-0.05, 0) is 54.6 Å². The molecule has 8 heteroatoms. The second-order valence-electron chi connectivity index (χ2n) is 5.37. The van der Waals surface area contributed by atoms with Gasteiger partial charge in [0.15, 0.2) is 5.17 Å². The Morgan fingerprint density at radius 3 is 2.38 bits per heavy atom. The molecule has 3 rings (SSSR count). The van der Waals surface area contributed by atoms with Gasteiger partial charge >= 0.3 is 0 Å². The number of amides is 1. The van der Waals surface area contributed by atoms with Crippen LogP contribution in [-0.4, -0.2) is 30.9 Å². The van der Waals surface area contributed by atoms with Crippen molar-refractivity contribution in [2.45, 2.75) is 11.8 Å². The number of thioether (sulfide) groups is 1. The van der Waals surface area contributed by atoms with Crippen LogP contribution in [0.5, 0.6) is 0 Å². The molecule has 134 valence electrons. The summed E-state index contributed by atoms with van der Waals surface area (Å²) < 4.78 is 41.7. The van der Waals surface area contributed by atoms with Crippen molar-refractivity contribution in [3.8, 4) is 0 Å². The van der Waals surface area contributed by atoms with Gasteiger partial charge in [0.1, 0.15) is 5.82 Å². The standard InChI is InChI=1S/C18H15FN2O3S2/c1-2-21-17(22)16(12-13-6-4-3-5-7-13)25-18(21)20-26(23,24)15-10-8-14(19)9-11-15/h3-12H,2H2,1H3/b16-12-,20-18?. The predicted molar refractivity (Wildman–Crippen MR) is 100 cm³/mol. The van der Waals surface area contributed by atoms with E-state index in [-0.39, 0.29) is 22.5 Å². The zero-order valence-corrected chi connectivity index (χ0v) is 15.4. The van der Waals surface area contributed by atoms with E-state index in [1.165, 1.54) is 4.90 Å². The molecule has 0 atom stereocenters. The number of rotatable bonds is 4. The number of carbonyl (C=O) groups is 1. The molecule has 5 nitrogen and oxygen atoms in total. The van der Waals surface area contributed by atoms with E-state index >= 15 is 0 Å². The van der Waals surface area contributed by atoms with Gasteiger partial charge in [0.25, 0.3) is 15.9 Å². The average molecular weight is 390 g/mol. The lowest BCUT2D eigenvalue weighted by atomic mass is 10.2. The molecular weight excluding hydrogens is 375 g/mol. The Kier molecular flexibility index (Phi) is 5.24. The van der Waals surface area contributed by atoms with Crippen molar-refractivity contribution in [1.82, 2.24) is 4.90 Å². The van der Waals surface area contributed by atoms with Crippen molar-refractivity contribution in [3.63, 3.8) is 0 Å². The Bertz CT molecular complexity index is 985. The third kappa shape index (κ3) is 3.86. The summed E-state index contributed by atoms with van der Waals surface area (Å²) in [6.45, 7) is 2.03. The van der Waals surface area contributed by atoms with E-state index in [2.05, 4.69) is 4.40 Å². The van der Waals surface area contributed by atoms with Gasteiger partial charge in [-0.25, -0.2) is 4.39 Å². The van der Waals surface area contributed by atoms with Crippen LogP contribution in [0.25, 0.3) is 6.08 Å². The first-order chi connectivity index (χ1) is 12.4. The highest BCUT2D eigenvalue weighted by atomic mass is 32.2. The van der Waals surface area contributed by atoms with Crippen molar-refractivity contribution in [1.29, 1.82) is 0 Å². The molecule has 0 aliphatic carbocycles. The quantitative estimate of drug-likeness (QED) is 0.750. The molecule has 0 bridgehead atoms. The highest BCUT2D eigenvalue weighted by Crippen LogP contribution is 2.33. The maximum absolute atomic E-state index is 13.0. The van der Waals surface area contributed by atoms with Crippen LogP contribution in [0.3, 0.4) is 0 Å². The molecule has 0 aromatic heterocycles. The first kappa shape index (κ1) is 18.3. The van der Waals surface area contributed by atoms with Crippen molar-refractivity contribution < 1.29 is 17.6 Å². The molecule has 0 radical (unpaired) electrons. The largest absolute Gasteiger partial charge is 0.286 e. The zero-order valence-electron chi connectivity index (χ0n) is 13.8. The fourth-order valence-corrected chi connectivity index (χ4v) is 4.56. The van der Waals surface area contributed by atoms with E-state index in [9.17, 15) is 17.6 Å². The Balaban J connectivity index is 1.96. The van der Waals surface area contributed by atoms with Gasteiger partial charge in [-0.3, -0.25) is 9.69 Å². The van der Waals surface area contributed by atoms with Crippen LogP contribution in [0.15, 0.2) is 68.8 Å². The molecule has 1 amide bonds. The summed E-state index contributed by atoms with van der Waals surface area (Å²) in [4.78, 5) is 14.1. The lowest BCUT2D eigenvalue weighted by Gasteiger charge is -2.11. The molecule has 1 aliphatic rings. The number of benzene rings is 2. The first-order valence-electron chi connectivity index (χ1n) is 7.77. The summed E-state index contributed by atoms with van der Waals surface area (Å²) in [7, 11) is -4.04. The van der Waals surface area contributed by atoms with Crippen molar-refractivity contribution in [3.05, 3.63) is 70.9 Å². The maximum Gasteiger partial charge on any atom is 0.284 e. The molecule has 0 saturated carbocycles. The van der Waals surface area contributed by atoms with Gasteiger partial charge < -0.3 is 0 Å². The lowest BCUT2D eigenvalue weighted by Crippen LogP contribution is -2.29. The minimum atomic E-state index is -4.04. The van der Waals surface area contributed by atoms with Crippen LogP contribution in [0.4, 0.5) is 4.39 Å². The molecule has 1 fully saturated rings. The Morgan fingerprint density at radius 1 is 1.12 bits per heavy atom. The smallest absolute Gasteiger partial charge is 0.284 e. The summed E-state index contributed by atoms with van der Waals surface area (Å²) in [5.74, 6) is -0.834. The van der Waals surface area contributed by atoms with Gasteiger partial charge in [-0.1, -0.05) is 30.3 Å². The van der Waals surface area contributed by atoms with Gasteiger partial charge in [0, 0.05) is 6.54 Å². The number of nitrogens with zero attached hydrogens (tertiary/aromatic N) is 2. The maximum atomic E-state index is 13.0. The third-order valence-electron chi connectivity index (χ3n) is 3.61. The van der Waals surface area contributed by atoms with Crippen molar-refractivity contribution in [2.75, 3.05) is 6.54 Å². The monoisotopic (exact) mass is 390 g/mol. The van der Waals surface area contributed by atoms with E-state index in [1.54, 1.807) is 13.0 Å². The summed E-state index contributed by atoms with van der Waals surface area (Å²) >= 11 is 1.01. The summed E-state index contributed by atoms with van der Waals surface area (Å²) in [5.41, 5.74) is 0.835. The van der Waals surface area contributed by atoms with Crippen LogP contribution in [0, 0.1) is 5.82 Å². The van der Waals surface area contributed by atoms with E-state index in [0.717, 1.165) is 41.6 Å². The zero-order chi connectivity index (χ0) is 18.7. The normalized spacial score (nSPS) is 18.1. The van der Waals surface area contributed by atoms with Crippen LogP contribution in [0.1, 0.15) is 12.5 Å². The van der Waals surface area contributed by atoms with Crippen LogP contribution < -0.4 is 0 Å². The molecule has 1 heterocycles. The third-order valence-corrected chi connectivity index (χ3v) is 6.01. The van der Waals surface area contributed by atoms with E-state index in [0.29, 0.717) is 4.91 Å². The van der Waals surface area contributed by atoms with Crippen molar-refractivity contribution >= 4 is 38.9 Å². The first-order valence-corrected chi connectivity index (χ1v) is 10.0. The number of hydrogen-bond acceptors (Lipinski definition) is 4. The second-order valence-corrected chi connectivity index (χ2v) is 7.99. The van der Waals surface area contributed by atoms with E-state index in [4.69, 9.17) is 0 Å². The van der Waals surface area contributed by atoms with Gasteiger partial charge in [0.2, 0.25) is 0 Å². The van der Waals surface area contributed by atoms with E-state index < -0.39 is 15.8 Å². The van der Waals surface area contributed by atoms with Crippen molar-refractivity contribution in [2.24, 2.45) is 4.40 Å². The fourth-order valence-electron chi connectivity index (χ4n) is 2.32. The van der Waals surface area contributed by atoms with Crippen LogP contribution in [-0.2, 0) is 14.8 Å². The molecule has 2 aromatic rings. The minimum absolute atomic E-state index is 0.0870. The highest BCUT2D eigenvalue weighted by Gasteiger charge is 2.34. The number of halogens is 1. The number of sulfonamides is 1. The van der Waals surface area contributed by atoms with Crippen LogP contribution >= 0.6 is 11.8 Å². The second kappa shape index (κ2) is 7.43. The number of carbonyl (C=O) groups excluding carboxylic acids is 1. The number of likely N-dealkylation sites (N-methyl/N-ethyl adjacent to an activating group) is 1. The van der Waals surface area contributed by atoms with Crippen LogP contribution in [0.2, 0.25) is 0 Å². The average Bonchev–Trinajstić information content (AvgIpc) is 2.90. The van der Waals surface area contributed by atoms with Gasteiger partial charge in [-0.15, -0.1) is 4.40 Å². The summed E-state index contributed by atoms with van der Waals surface area (Å²) in [6.07, 6.45) is 1.70.